The van der Waals surface area contributed by atoms with Crippen molar-refractivity contribution in [1.82, 2.24) is 20.5 Å². The molecule has 3 aromatic rings. The van der Waals surface area contributed by atoms with Crippen molar-refractivity contribution in [3.63, 3.8) is 0 Å². The first-order chi connectivity index (χ1) is 13.5. The van der Waals surface area contributed by atoms with Crippen LogP contribution in [0.2, 0.25) is 0 Å². The summed E-state index contributed by atoms with van der Waals surface area (Å²) in [7, 11) is 0. The van der Waals surface area contributed by atoms with E-state index < -0.39 is 6.04 Å². The lowest BCUT2D eigenvalue weighted by molar-refractivity contribution is -0.117. The lowest BCUT2D eigenvalue weighted by atomic mass is 10.2. The van der Waals surface area contributed by atoms with Crippen molar-refractivity contribution >= 4 is 44.8 Å². The van der Waals surface area contributed by atoms with Crippen molar-refractivity contribution in [3.05, 3.63) is 50.9 Å². The number of aromatic nitrogens is 3. The van der Waals surface area contributed by atoms with E-state index in [1.54, 1.807) is 25.1 Å². The minimum Gasteiger partial charge on any atom is -0.340 e. The molecule has 0 radical (unpaired) electrons. The van der Waals surface area contributed by atoms with E-state index in [0.29, 0.717) is 22.3 Å². The lowest BCUT2D eigenvalue weighted by Crippen LogP contribution is -2.41. The molecule has 0 bridgehead atoms. The van der Waals surface area contributed by atoms with Crippen LogP contribution in [0.25, 0.3) is 11.4 Å². The quantitative estimate of drug-likeness (QED) is 0.519. The molecule has 0 aliphatic heterocycles. The van der Waals surface area contributed by atoms with Gasteiger partial charge in [0.1, 0.15) is 11.9 Å². The molecule has 1 aliphatic carbocycles. The second-order valence-corrected chi connectivity index (χ2v) is 9.15. The van der Waals surface area contributed by atoms with E-state index >= 15 is 0 Å². The Balaban J connectivity index is 1.40. The minimum atomic E-state index is -0.679. The molecular formula is C19H18BrN5O2S. The Hall–Kier alpha value is -2.52. The normalized spacial score (nSPS) is 14.5. The number of rotatable bonds is 6. The fourth-order valence-corrected chi connectivity index (χ4v) is 3.99. The van der Waals surface area contributed by atoms with E-state index in [2.05, 4.69) is 41.7 Å². The van der Waals surface area contributed by atoms with Crippen LogP contribution >= 0.6 is 27.3 Å². The molecule has 7 nitrogen and oxygen atoms in total. The topological polar surface area (TPSA) is 99.8 Å². The molecule has 2 amide bonds. The summed E-state index contributed by atoms with van der Waals surface area (Å²) in [4.78, 5) is 29.7. The summed E-state index contributed by atoms with van der Waals surface area (Å²) < 4.78 is 0.864. The highest BCUT2D eigenvalue weighted by molar-refractivity contribution is 9.11. The number of carbonyl (C=O) groups excluding carboxylic acids is 2. The zero-order chi connectivity index (χ0) is 19.7. The number of anilines is 1. The molecule has 3 N–H and O–H groups in total. The molecule has 2 aromatic heterocycles. The number of nitrogens with one attached hydrogen (secondary N) is 3. The van der Waals surface area contributed by atoms with Crippen LogP contribution in [0.3, 0.4) is 0 Å². The molecule has 2 heterocycles. The van der Waals surface area contributed by atoms with Crippen molar-refractivity contribution in [1.29, 1.82) is 0 Å². The van der Waals surface area contributed by atoms with Crippen molar-refractivity contribution in [2.45, 2.75) is 31.7 Å². The van der Waals surface area contributed by atoms with E-state index in [1.807, 2.05) is 18.2 Å². The van der Waals surface area contributed by atoms with Gasteiger partial charge in [0.25, 0.3) is 5.91 Å². The Morgan fingerprint density at radius 3 is 2.82 bits per heavy atom. The molecular weight excluding hydrogens is 442 g/mol. The zero-order valence-electron chi connectivity index (χ0n) is 15.0. The zero-order valence-corrected chi connectivity index (χ0v) is 17.4. The largest absolute Gasteiger partial charge is 0.340 e. The maximum Gasteiger partial charge on any atom is 0.262 e. The molecule has 1 saturated carbocycles. The number of hydrogen-bond acceptors (Lipinski definition) is 5. The predicted octanol–water partition coefficient (Wildman–Crippen LogP) is 3.93. The highest BCUT2D eigenvalue weighted by Gasteiger charge is 2.27. The van der Waals surface area contributed by atoms with E-state index in [9.17, 15) is 9.59 Å². The fourth-order valence-electron chi connectivity index (χ4n) is 2.70. The van der Waals surface area contributed by atoms with Crippen LogP contribution in [0.15, 0.2) is 40.2 Å². The van der Waals surface area contributed by atoms with Crippen molar-refractivity contribution in [3.8, 4) is 11.4 Å². The van der Waals surface area contributed by atoms with E-state index in [1.165, 1.54) is 11.3 Å². The molecule has 0 spiro atoms. The summed E-state index contributed by atoms with van der Waals surface area (Å²) in [5, 5.41) is 12.8. The predicted molar refractivity (Wildman–Crippen MR) is 111 cm³/mol. The van der Waals surface area contributed by atoms with Crippen LogP contribution in [-0.4, -0.2) is 33.0 Å². The first-order valence-corrected chi connectivity index (χ1v) is 10.5. The van der Waals surface area contributed by atoms with Gasteiger partial charge in [0, 0.05) is 17.2 Å². The van der Waals surface area contributed by atoms with Gasteiger partial charge in [0.15, 0.2) is 5.82 Å². The summed E-state index contributed by atoms with van der Waals surface area (Å²) in [6, 6.07) is 10.2. The molecule has 1 atom stereocenters. The highest BCUT2D eigenvalue weighted by atomic mass is 79.9. The second kappa shape index (κ2) is 7.84. The number of benzene rings is 1. The van der Waals surface area contributed by atoms with Crippen LogP contribution in [0, 0.1) is 0 Å². The average Bonchev–Trinajstić information content (AvgIpc) is 3.24. The summed E-state index contributed by atoms with van der Waals surface area (Å²) in [5.74, 6) is 1.45. The number of thiophene rings is 1. The SMILES string of the molecule is CC(NC(=O)c1ccc(Br)s1)C(=O)Nc1cccc(-c2n[nH]c(C3CC3)n2)c1. The highest BCUT2D eigenvalue weighted by Crippen LogP contribution is 2.38. The minimum absolute atomic E-state index is 0.277. The van der Waals surface area contributed by atoms with Crippen molar-refractivity contribution < 1.29 is 9.59 Å². The molecule has 28 heavy (non-hydrogen) atoms. The standard InChI is InChI=1S/C19H18BrN5O2S/c1-10(21-19(27)14-7-8-15(20)28-14)18(26)22-13-4-2-3-12(9-13)17-23-16(24-25-17)11-5-6-11/h2-4,7-11H,5-6H2,1H3,(H,21,27)(H,22,26)(H,23,24,25). The Bertz CT molecular complexity index is 1030. The van der Waals surface area contributed by atoms with Gasteiger partial charge in [-0.3, -0.25) is 14.7 Å². The first kappa shape index (κ1) is 18.8. The Morgan fingerprint density at radius 1 is 1.29 bits per heavy atom. The molecule has 4 rings (SSSR count). The van der Waals surface area contributed by atoms with Crippen molar-refractivity contribution in [2.24, 2.45) is 0 Å². The third-order valence-corrected chi connectivity index (χ3v) is 6.02. The average molecular weight is 460 g/mol. The molecule has 1 aliphatic rings. The monoisotopic (exact) mass is 459 g/mol. The number of halogens is 1. The number of hydrogen-bond donors (Lipinski definition) is 3. The van der Waals surface area contributed by atoms with Crippen LogP contribution in [0.4, 0.5) is 5.69 Å². The molecule has 1 unspecified atom stereocenters. The molecule has 0 saturated heterocycles. The number of H-pyrrole nitrogens is 1. The summed E-state index contributed by atoms with van der Waals surface area (Å²) in [6.45, 7) is 1.65. The first-order valence-electron chi connectivity index (χ1n) is 8.89. The fraction of sp³-hybridized carbons (Fsp3) is 0.263. The van der Waals surface area contributed by atoms with Gasteiger partial charge in [-0.25, -0.2) is 4.98 Å². The number of amides is 2. The van der Waals surface area contributed by atoms with Gasteiger partial charge >= 0.3 is 0 Å². The van der Waals surface area contributed by atoms with Crippen LogP contribution < -0.4 is 10.6 Å². The van der Waals surface area contributed by atoms with Crippen LogP contribution in [-0.2, 0) is 4.79 Å². The van der Waals surface area contributed by atoms with Gasteiger partial charge in [-0.2, -0.15) is 5.10 Å². The summed E-state index contributed by atoms with van der Waals surface area (Å²) in [5.41, 5.74) is 1.45. The lowest BCUT2D eigenvalue weighted by Gasteiger charge is -2.14. The van der Waals surface area contributed by atoms with Gasteiger partial charge in [0.05, 0.1) is 8.66 Å². The summed E-state index contributed by atoms with van der Waals surface area (Å²) >= 11 is 4.64. The molecule has 1 fully saturated rings. The maximum absolute atomic E-state index is 12.5. The van der Waals surface area contributed by atoms with E-state index in [0.717, 1.165) is 28.0 Å². The van der Waals surface area contributed by atoms with Gasteiger partial charge in [-0.1, -0.05) is 12.1 Å². The Morgan fingerprint density at radius 2 is 2.11 bits per heavy atom. The van der Waals surface area contributed by atoms with Gasteiger partial charge in [-0.15, -0.1) is 11.3 Å². The molecule has 1 aromatic carbocycles. The van der Waals surface area contributed by atoms with Crippen molar-refractivity contribution in [2.75, 3.05) is 5.32 Å². The van der Waals surface area contributed by atoms with Gasteiger partial charge in [0.2, 0.25) is 5.91 Å². The van der Waals surface area contributed by atoms with E-state index in [-0.39, 0.29) is 11.8 Å². The van der Waals surface area contributed by atoms with Crippen LogP contribution in [0.5, 0.6) is 0 Å². The number of nitrogens with zero attached hydrogens (tertiary/aromatic N) is 2. The summed E-state index contributed by atoms with van der Waals surface area (Å²) in [6.07, 6.45) is 2.30. The Labute approximate surface area is 174 Å². The smallest absolute Gasteiger partial charge is 0.262 e. The third-order valence-electron chi connectivity index (χ3n) is 4.39. The van der Waals surface area contributed by atoms with Gasteiger partial charge < -0.3 is 10.6 Å². The molecule has 144 valence electrons. The van der Waals surface area contributed by atoms with E-state index in [4.69, 9.17) is 0 Å². The number of carbonyl (C=O) groups is 2. The Kier molecular flexibility index (Phi) is 5.27. The maximum atomic E-state index is 12.5. The third kappa shape index (κ3) is 4.31. The number of aromatic amines is 1. The van der Waals surface area contributed by atoms with Crippen LogP contribution in [0.1, 0.15) is 41.2 Å². The van der Waals surface area contributed by atoms with Gasteiger partial charge in [-0.05, 0) is 60.0 Å². The second-order valence-electron chi connectivity index (χ2n) is 6.69. The molecule has 9 heteroatoms.